The lowest BCUT2D eigenvalue weighted by Crippen LogP contribution is -1.93. The smallest absolute Gasteiger partial charge is 0.124 e. The van der Waals surface area contributed by atoms with Gasteiger partial charge in [-0.15, -0.1) is 0 Å². The van der Waals surface area contributed by atoms with E-state index < -0.39 is 0 Å². The zero-order chi connectivity index (χ0) is 9.97. The highest BCUT2D eigenvalue weighted by molar-refractivity contribution is 7.79. The van der Waals surface area contributed by atoms with Crippen molar-refractivity contribution in [2.75, 3.05) is 11.1 Å². The number of benzene rings is 1. The van der Waals surface area contributed by atoms with Crippen molar-refractivity contribution < 1.29 is 0 Å². The first-order chi connectivity index (χ1) is 6.79. The highest BCUT2D eigenvalue weighted by Gasteiger charge is 1.96. The van der Waals surface area contributed by atoms with Crippen LogP contribution in [0.5, 0.6) is 0 Å². The molecule has 0 atom stereocenters. The number of nitrogen functional groups attached to an aromatic ring is 1. The van der Waals surface area contributed by atoms with Crippen molar-refractivity contribution >= 4 is 40.1 Å². The maximum absolute atomic E-state index is 5.57. The van der Waals surface area contributed by atoms with Crippen LogP contribution in [-0.4, -0.2) is 10.5 Å². The van der Waals surface area contributed by atoms with Crippen LogP contribution in [0.15, 0.2) is 30.3 Å². The van der Waals surface area contributed by atoms with E-state index in [9.17, 15) is 0 Å². The molecule has 0 saturated carbocycles. The summed E-state index contributed by atoms with van der Waals surface area (Å²) >= 11 is 4.71. The fraction of sp³-hybridized carbons (Fsp3) is 0. The zero-order valence-electron chi connectivity index (χ0n) is 7.40. The van der Waals surface area contributed by atoms with Crippen LogP contribution in [0.4, 0.5) is 11.5 Å². The number of nitrogens with zero attached hydrogens (tertiary/aromatic N) is 1. The summed E-state index contributed by atoms with van der Waals surface area (Å²) in [6.07, 6.45) is 0. The zero-order valence-corrected chi connectivity index (χ0v) is 8.21. The van der Waals surface area contributed by atoms with Crippen LogP contribution in [0.2, 0.25) is 0 Å². The third kappa shape index (κ3) is 1.65. The molecule has 4 heteroatoms. The van der Waals surface area contributed by atoms with E-state index in [1.165, 1.54) is 5.49 Å². The van der Waals surface area contributed by atoms with Crippen molar-refractivity contribution in [2.45, 2.75) is 0 Å². The Hall–Kier alpha value is -1.68. The van der Waals surface area contributed by atoms with Crippen molar-refractivity contribution in [3.8, 4) is 0 Å². The van der Waals surface area contributed by atoms with Gasteiger partial charge in [0, 0.05) is 11.1 Å². The number of rotatable bonds is 2. The van der Waals surface area contributed by atoms with E-state index >= 15 is 0 Å². The maximum Gasteiger partial charge on any atom is 0.124 e. The van der Waals surface area contributed by atoms with Crippen LogP contribution in [-0.2, 0) is 0 Å². The Morgan fingerprint density at radius 2 is 2.14 bits per heavy atom. The SMILES string of the molecule is Nc1ccc2cc(NC=S)ccc2n1. The molecule has 3 N–H and O–H groups in total. The lowest BCUT2D eigenvalue weighted by molar-refractivity contribution is 1.41. The molecule has 1 aromatic carbocycles. The predicted molar refractivity (Wildman–Crippen MR) is 63.4 cm³/mol. The monoisotopic (exact) mass is 203 g/mol. The molecule has 14 heavy (non-hydrogen) atoms. The number of fused-ring (bicyclic) bond motifs is 1. The minimum atomic E-state index is 0.535. The Bertz CT molecular complexity index is 482. The van der Waals surface area contributed by atoms with Gasteiger partial charge in [-0.05, 0) is 30.3 Å². The molecule has 0 unspecified atom stereocenters. The second-order valence-electron chi connectivity index (χ2n) is 2.91. The molecule has 0 bridgehead atoms. The number of anilines is 2. The number of hydrogen-bond donors (Lipinski definition) is 2. The molecule has 2 aromatic rings. The van der Waals surface area contributed by atoms with E-state index in [2.05, 4.69) is 10.3 Å². The summed E-state index contributed by atoms with van der Waals surface area (Å²) in [5.41, 5.74) is 8.90. The summed E-state index contributed by atoms with van der Waals surface area (Å²) in [5, 5.41) is 3.99. The number of nitrogens with one attached hydrogen (secondary N) is 1. The minimum absolute atomic E-state index is 0.535. The number of nitrogens with two attached hydrogens (primary N) is 1. The Morgan fingerprint density at radius 3 is 2.93 bits per heavy atom. The molecule has 0 radical (unpaired) electrons. The summed E-state index contributed by atoms with van der Waals surface area (Å²) in [5.74, 6) is 0.535. The summed E-state index contributed by atoms with van der Waals surface area (Å²) in [4.78, 5) is 4.19. The first-order valence-electron chi connectivity index (χ1n) is 4.16. The average molecular weight is 203 g/mol. The Labute approximate surface area is 86.9 Å². The number of hydrogen-bond acceptors (Lipinski definition) is 3. The molecule has 0 fully saturated rings. The first-order valence-corrected chi connectivity index (χ1v) is 4.63. The van der Waals surface area contributed by atoms with Crippen LogP contribution >= 0.6 is 12.2 Å². The van der Waals surface area contributed by atoms with Gasteiger partial charge in [-0.2, -0.15) is 0 Å². The van der Waals surface area contributed by atoms with E-state index in [-0.39, 0.29) is 0 Å². The molecule has 2 rings (SSSR count). The van der Waals surface area contributed by atoms with E-state index in [1.807, 2.05) is 24.3 Å². The fourth-order valence-corrected chi connectivity index (χ4v) is 1.44. The largest absolute Gasteiger partial charge is 0.384 e. The van der Waals surface area contributed by atoms with Gasteiger partial charge >= 0.3 is 0 Å². The van der Waals surface area contributed by atoms with Gasteiger partial charge in [0.15, 0.2) is 0 Å². The third-order valence-corrected chi connectivity index (χ3v) is 2.05. The van der Waals surface area contributed by atoms with Crippen LogP contribution in [0, 0.1) is 0 Å². The number of aromatic nitrogens is 1. The lowest BCUT2D eigenvalue weighted by Gasteiger charge is -2.02. The van der Waals surface area contributed by atoms with Crippen LogP contribution in [0.3, 0.4) is 0 Å². The van der Waals surface area contributed by atoms with E-state index in [4.69, 9.17) is 18.0 Å². The molecular formula is C10H9N3S. The van der Waals surface area contributed by atoms with E-state index in [0.717, 1.165) is 16.6 Å². The quantitative estimate of drug-likeness (QED) is 0.734. The van der Waals surface area contributed by atoms with Gasteiger partial charge < -0.3 is 11.1 Å². The van der Waals surface area contributed by atoms with E-state index in [1.54, 1.807) is 6.07 Å². The standard InChI is InChI=1S/C10H9N3S/c11-10-4-1-7-5-8(12-6-14)2-3-9(7)13-10/h1-6H,(H2,11,13)(H,12,14). The molecule has 0 saturated heterocycles. The van der Waals surface area contributed by atoms with Gasteiger partial charge in [-0.25, -0.2) is 4.98 Å². The second-order valence-corrected chi connectivity index (χ2v) is 3.14. The van der Waals surface area contributed by atoms with Crippen molar-refractivity contribution in [1.82, 2.24) is 4.98 Å². The van der Waals surface area contributed by atoms with Crippen LogP contribution in [0.1, 0.15) is 0 Å². The van der Waals surface area contributed by atoms with Gasteiger partial charge in [0.05, 0.1) is 11.0 Å². The second kappa shape index (κ2) is 3.59. The molecular weight excluding hydrogens is 194 g/mol. The molecule has 0 spiro atoms. The van der Waals surface area contributed by atoms with Crippen molar-refractivity contribution in [1.29, 1.82) is 0 Å². The predicted octanol–water partition coefficient (Wildman–Crippen LogP) is 2.19. The van der Waals surface area contributed by atoms with Gasteiger partial charge in [-0.3, -0.25) is 0 Å². The summed E-state index contributed by atoms with van der Waals surface area (Å²) in [6, 6.07) is 9.52. The first kappa shape index (κ1) is 8.90. The van der Waals surface area contributed by atoms with Gasteiger partial charge in [0.25, 0.3) is 0 Å². The van der Waals surface area contributed by atoms with Crippen LogP contribution in [0.25, 0.3) is 10.9 Å². The minimum Gasteiger partial charge on any atom is -0.384 e. The van der Waals surface area contributed by atoms with Gasteiger partial charge in [0.2, 0.25) is 0 Å². The van der Waals surface area contributed by atoms with Crippen molar-refractivity contribution in [3.63, 3.8) is 0 Å². The topological polar surface area (TPSA) is 50.9 Å². The molecule has 0 amide bonds. The molecule has 0 aliphatic heterocycles. The fourth-order valence-electron chi connectivity index (χ4n) is 1.30. The number of pyridine rings is 1. The van der Waals surface area contributed by atoms with Gasteiger partial charge in [0.1, 0.15) is 5.82 Å². The van der Waals surface area contributed by atoms with Crippen LogP contribution < -0.4 is 11.1 Å². The molecule has 3 nitrogen and oxygen atoms in total. The Kier molecular flexibility index (Phi) is 2.28. The third-order valence-electron chi connectivity index (χ3n) is 1.94. The highest BCUT2D eigenvalue weighted by atomic mass is 32.1. The summed E-state index contributed by atoms with van der Waals surface area (Å²) in [7, 11) is 0. The Balaban J connectivity index is 2.55. The average Bonchev–Trinajstić information content (AvgIpc) is 2.19. The molecule has 1 heterocycles. The summed E-state index contributed by atoms with van der Waals surface area (Å²) in [6.45, 7) is 0. The number of thiocarbonyl (C=S) groups is 1. The van der Waals surface area contributed by atoms with Gasteiger partial charge in [-0.1, -0.05) is 12.2 Å². The maximum atomic E-state index is 5.57. The van der Waals surface area contributed by atoms with Crippen molar-refractivity contribution in [3.05, 3.63) is 30.3 Å². The highest BCUT2D eigenvalue weighted by Crippen LogP contribution is 2.18. The summed E-state index contributed by atoms with van der Waals surface area (Å²) < 4.78 is 0. The Morgan fingerprint density at radius 1 is 1.29 bits per heavy atom. The lowest BCUT2D eigenvalue weighted by atomic mass is 10.2. The molecule has 0 aliphatic rings. The van der Waals surface area contributed by atoms with Crippen molar-refractivity contribution in [2.24, 2.45) is 0 Å². The molecule has 0 aliphatic carbocycles. The van der Waals surface area contributed by atoms with E-state index in [0.29, 0.717) is 5.82 Å². The molecule has 1 aromatic heterocycles. The molecule has 70 valence electrons. The normalized spacial score (nSPS) is 10.0.